The molecule has 2 fully saturated rings. The summed E-state index contributed by atoms with van der Waals surface area (Å²) >= 11 is 0. The Hall–Kier alpha value is -2.90. The minimum atomic E-state index is -1.06. The van der Waals surface area contributed by atoms with Gasteiger partial charge in [0.2, 0.25) is 0 Å². The highest BCUT2D eigenvalue weighted by atomic mass is 16.5. The molecule has 0 radical (unpaired) electrons. The maximum Gasteiger partial charge on any atom is 0.327 e. The molecule has 144 valence electrons. The van der Waals surface area contributed by atoms with E-state index >= 15 is 0 Å². The van der Waals surface area contributed by atoms with Gasteiger partial charge in [-0.25, -0.2) is 4.79 Å². The molecular formula is C19H23N3O5. The number of imide groups is 1. The Morgan fingerprint density at radius 2 is 1.93 bits per heavy atom. The summed E-state index contributed by atoms with van der Waals surface area (Å²) in [7, 11) is 0. The van der Waals surface area contributed by atoms with Gasteiger partial charge in [-0.2, -0.15) is 0 Å². The van der Waals surface area contributed by atoms with Crippen LogP contribution in [0.3, 0.4) is 0 Å². The van der Waals surface area contributed by atoms with E-state index < -0.39 is 42.0 Å². The first-order valence-corrected chi connectivity index (χ1v) is 8.92. The van der Waals surface area contributed by atoms with Crippen molar-refractivity contribution >= 4 is 29.5 Å². The number of ether oxygens (including phenoxy) is 1. The number of esters is 1. The Kier molecular flexibility index (Phi) is 4.91. The molecule has 27 heavy (non-hydrogen) atoms. The first-order valence-electron chi connectivity index (χ1n) is 8.92. The van der Waals surface area contributed by atoms with Crippen molar-refractivity contribution in [3.8, 4) is 0 Å². The highest BCUT2D eigenvalue weighted by Crippen LogP contribution is 2.42. The van der Waals surface area contributed by atoms with Crippen molar-refractivity contribution in [2.24, 2.45) is 5.92 Å². The number of urea groups is 1. The number of carbonyl (C=O) groups excluding carboxylic acids is 4. The number of nitrogens with zero attached hydrogens (tertiary/aromatic N) is 1. The molecule has 2 N–H and O–H groups in total. The summed E-state index contributed by atoms with van der Waals surface area (Å²) in [5, 5.41) is 5.31. The van der Waals surface area contributed by atoms with Gasteiger partial charge in [0.05, 0.1) is 0 Å². The Bertz CT molecular complexity index is 787. The number of aryl methyl sites for hydroxylation is 1. The molecular weight excluding hydrogens is 350 g/mol. The van der Waals surface area contributed by atoms with Crippen LogP contribution in [-0.2, 0) is 19.1 Å². The van der Waals surface area contributed by atoms with E-state index in [9.17, 15) is 19.2 Å². The van der Waals surface area contributed by atoms with Crippen molar-refractivity contribution in [1.82, 2.24) is 10.2 Å². The molecule has 2 atom stereocenters. The van der Waals surface area contributed by atoms with Crippen LogP contribution in [0, 0.1) is 12.8 Å². The van der Waals surface area contributed by atoms with Crippen LogP contribution in [0.25, 0.3) is 0 Å². The summed E-state index contributed by atoms with van der Waals surface area (Å²) in [4.78, 5) is 49.7. The van der Waals surface area contributed by atoms with Crippen molar-refractivity contribution in [2.45, 2.75) is 45.3 Å². The molecule has 1 heterocycles. The SMILES string of the molecule is Cc1ccc(NC(=O)C(C)OC(=O)CN2C(=O)NC(C)(C3CC3)C2=O)cc1. The maximum atomic E-state index is 12.5. The van der Waals surface area contributed by atoms with Crippen LogP contribution in [0.15, 0.2) is 24.3 Å². The summed E-state index contributed by atoms with van der Waals surface area (Å²) in [5.74, 6) is -1.63. The largest absolute Gasteiger partial charge is 0.451 e. The van der Waals surface area contributed by atoms with Crippen molar-refractivity contribution in [3.63, 3.8) is 0 Å². The molecule has 8 nitrogen and oxygen atoms in total. The smallest absolute Gasteiger partial charge is 0.327 e. The van der Waals surface area contributed by atoms with Crippen LogP contribution in [0.4, 0.5) is 10.5 Å². The van der Waals surface area contributed by atoms with E-state index in [1.807, 2.05) is 19.1 Å². The van der Waals surface area contributed by atoms with E-state index in [-0.39, 0.29) is 5.92 Å². The number of rotatable bonds is 6. The normalized spacial score (nSPS) is 23.0. The van der Waals surface area contributed by atoms with Crippen molar-refractivity contribution in [3.05, 3.63) is 29.8 Å². The minimum Gasteiger partial charge on any atom is -0.451 e. The van der Waals surface area contributed by atoms with Crippen molar-refractivity contribution in [2.75, 3.05) is 11.9 Å². The van der Waals surface area contributed by atoms with Gasteiger partial charge in [-0.3, -0.25) is 19.3 Å². The summed E-state index contributed by atoms with van der Waals surface area (Å²) in [6, 6.07) is 6.58. The second kappa shape index (κ2) is 7.02. The van der Waals surface area contributed by atoms with Gasteiger partial charge in [-0.15, -0.1) is 0 Å². The third-order valence-electron chi connectivity index (χ3n) is 4.98. The zero-order chi connectivity index (χ0) is 19.8. The highest BCUT2D eigenvalue weighted by Gasteiger charge is 2.56. The Morgan fingerprint density at radius 1 is 1.30 bits per heavy atom. The standard InChI is InChI=1S/C19H23N3O5/c1-11-4-8-14(9-5-11)20-16(24)12(2)27-15(23)10-22-17(25)19(3,13-6-7-13)21-18(22)26/h4-5,8-9,12-13H,6-7,10H2,1-3H3,(H,20,24)(H,21,26). The minimum absolute atomic E-state index is 0.106. The van der Waals surface area contributed by atoms with E-state index in [1.54, 1.807) is 19.1 Å². The third-order valence-corrected chi connectivity index (χ3v) is 4.98. The monoisotopic (exact) mass is 373 g/mol. The van der Waals surface area contributed by atoms with Crippen LogP contribution >= 0.6 is 0 Å². The van der Waals surface area contributed by atoms with E-state index in [2.05, 4.69) is 10.6 Å². The molecule has 2 unspecified atom stereocenters. The summed E-state index contributed by atoms with van der Waals surface area (Å²) in [6.07, 6.45) is 0.683. The number of anilines is 1. The Balaban J connectivity index is 1.54. The third kappa shape index (κ3) is 3.94. The topological polar surface area (TPSA) is 105 Å². The van der Waals surface area contributed by atoms with Crippen LogP contribution in [0.2, 0.25) is 0 Å². The van der Waals surface area contributed by atoms with E-state index in [4.69, 9.17) is 4.74 Å². The van der Waals surface area contributed by atoms with Gasteiger partial charge in [0.15, 0.2) is 6.10 Å². The molecule has 1 aromatic carbocycles. The number of nitrogens with one attached hydrogen (secondary N) is 2. The highest BCUT2D eigenvalue weighted by molar-refractivity contribution is 6.09. The zero-order valence-corrected chi connectivity index (χ0v) is 15.6. The van der Waals surface area contributed by atoms with Gasteiger partial charge in [0.1, 0.15) is 12.1 Å². The van der Waals surface area contributed by atoms with Gasteiger partial charge in [-0.05, 0) is 51.7 Å². The molecule has 0 spiro atoms. The first kappa shape index (κ1) is 18.9. The maximum absolute atomic E-state index is 12.5. The van der Waals surface area contributed by atoms with Crippen molar-refractivity contribution < 1.29 is 23.9 Å². The van der Waals surface area contributed by atoms with Crippen LogP contribution < -0.4 is 10.6 Å². The van der Waals surface area contributed by atoms with Gasteiger partial charge >= 0.3 is 12.0 Å². The predicted molar refractivity (Wildman–Crippen MR) is 96.7 cm³/mol. The lowest BCUT2D eigenvalue weighted by Gasteiger charge is -2.21. The first-order chi connectivity index (χ1) is 12.7. The van der Waals surface area contributed by atoms with Gasteiger partial charge in [0.25, 0.3) is 11.8 Å². The number of benzene rings is 1. The quantitative estimate of drug-likeness (QED) is 0.582. The van der Waals surface area contributed by atoms with Crippen LogP contribution in [0.5, 0.6) is 0 Å². The second-order valence-corrected chi connectivity index (χ2v) is 7.29. The summed E-state index contributed by atoms with van der Waals surface area (Å²) in [5.41, 5.74) is 0.688. The fourth-order valence-corrected chi connectivity index (χ4v) is 3.09. The molecule has 8 heteroatoms. The summed E-state index contributed by atoms with van der Waals surface area (Å²) in [6.45, 7) is 4.52. The molecule has 1 aliphatic heterocycles. The van der Waals surface area contributed by atoms with E-state index in [0.29, 0.717) is 5.69 Å². The second-order valence-electron chi connectivity index (χ2n) is 7.29. The van der Waals surface area contributed by atoms with Crippen molar-refractivity contribution in [1.29, 1.82) is 0 Å². The predicted octanol–water partition coefficient (Wildman–Crippen LogP) is 1.59. The number of amides is 4. The molecule has 2 aliphatic rings. The van der Waals surface area contributed by atoms with Gasteiger partial charge in [0, 0.05) is 5.69 Å². The molecule has 0 bridgehead atoms. The van der Waals surface area contributed by atoms with Gasteiger partial charge in [-0.1, -0.05) is 17.7 Å². The number of hydrogen-bond acceptors (Lipinski definition) is 5. The van der Waals surface area contributed by atoms with Crippen LogP contribution in [-0.4, -0.2) is 46.9 Å². The van der Waals surface area contributed by atoms with Gasteiger partial charge < -0.3 is 15.4 Å². The lowest BCUT2D eigenvalue weighted by molar-refractivity contribution is -0.155. The van der Waals surface area contributed by atoms with E-state index in [1.165, 1.54) is 6.92 Å². The zero-order valence-electron chi connectivity index (χ0n) is 15.6. The summed E-state index contributed by atoms with van der Waals surface area (Å²) < 4.78 is 5.09. The average Bonchev–Trinajstić information content (AvgIpc) is 3.43. The Labute approximate surface area is 157 Å². The number of carbonyl (C=O) groups is 4. The Morgan fingerprint density at radius 3 is 2.52 bits per heavy atom. The molecule has 1 aliphatic carbocycles. The molecule has 1 saturated heterocycles. The molecule has 1 aromatic rings. The lowest BCUT2D eigenvalue weighted by atomic mass is 9.96. The van der Waals surface area contributed by atoms with Crippen LogP contribution in [0.1, 0.15) is 32.3 Å². The number of hydrogen-bond donors (Lipinski definition) is 2. The molecule has 0 aromatic heterocycles. The molecule has 4 amide bonds. The fraction of sp³-hybridized carbons (Fsp3) is 0.474. The fourth-order valence-electron chi connectivity index (χ4n) is 3.09. The van der Waals surface area contributed by atoms with E-state index in [0.717, 1.165) is 23.3 Å². The molecule has 1 saturated carbocycles. The lowest BCUT2D eigenvalue weighted by Crippen LogP contribution is -2.46. The average molecular weight is 373 g/mol. The molecule has 3 rings (SSSR count).